The maximum Gasteiger partial charge on any atom is 0.340 e. The molecule has 0 N–H and O–H groups in total. The molecule has 0 atom stereocenters. The minimum Gasteiger partial charge on any atom is -0.462 e. The molecule has 4 heteroatoms. The predicted octanol–water partition coefficient (Wildman–Crippen LogP) is 5.16. The molecule has 150 valence electrons. The van der Waals surface area contributed by atoms with Crippen LogP contribution < -0.4 is 0 Å². The molecule has 3 rings (SSSR count). The molecule has 0 amide bonds. The number of rotatable bonds is 8. The first-order chi connectivity index (χ1) is 14.7. The van der Waals surface area contributed by atoms with Gasteiger partial charge >= 0.3 is 5.97 Å². The van der Waals surface area contributed by atoms with Crippen LogP contribution in [-0.2, 0) is 22.6 Å². The van der Waals surface area contributed by atoms with Gasteiger partial charge in [0.15, 0.2) is 0 Å². The average Bonchev–Trinajstić information content (AvgIpc) is 2.79. The normalized spacial score (nSPS) is 10.9. The van der Waals surface area contributed by atoms with E-state index in [2.05, 4.69) is 35.2 Å². The summed E-state index contributed by atoms with van der Waals surface area (Å²) < 4.78 is 5.32. The molecule has 0 radical (unpaired) electrons. The molecule has 4 nitrogen and oxygen atoms in total. The van der Waals surface area contributed by atoms with Crippen LogP contribution in [0.4, 0.5) is 0 Å². The first kappa shape index (κ1) is 20.9. The van der Waals surface area contributed by atoms with Gasteiger partial charge in [-0.25, -0.2) is 4.79 Å². The molecule has 0 bridgehead atoms. The lowest BCUT2D eigenvalue weighted by Gasteiger charge is -2.23. The molecule has 0 saturated carbocycles. The van der Waals surface area contributed by atoms with Gasteiger partial charge < -0.3 is 9.64 Å². The lowest BCUT2D eigenvalue weighted by Crippen LogP contribution is -2.19. The Morgan fingerprint density at radius 1 is 0.900 bits per heavy atom. The van der Waals surface area contributed by atoms with Gasteiger partial charge in [0.1, 0.15) is 0 Å². The Hall–Kier alpha value is -3.84. The summed E-state index contributed by atoms with van der Waals surface area (Å²) in [4.78, 5) is 14.9. The fourth-order valence-corrected chi connectivity index (χ4v) is 3.22. The summed E-state index contributed by atoms with van der Waals surface area (Å²) in [6.07, 6.45) is 1.81. The highest BCUT2D eigenvalue weighted by Crippen LogP contribution is 2.23. The van der Waals surface area contributed by atoms with E-state index in [1.807, 2.05) is 48.7 Å². The van der Waals surface area contributed by atoms with Gasteiger partial charge in [0.05, 0.1) is 23.8 Å². The minimum absolute atomic E-state index is 0.266. The first-order valence-electron chi connectivity index (χ1n) is 9.91. The van der Waals surface area contributed by atoms with Crippen molar-refractivity contribution in [2.24, 2.45) is 0 Å². The number of hydrogen-bond acceptors (Lipinski definition) is 4. The zero-order valence-corrected chi connectivity index (χ0v) is 17.0. The van der Waals surface area contributed by atoms with Gasteiger partial charge in [0.2, 0.25) is 0 Å². The molecule has 0 aliphatic rings. The summed E-state index contributed by atoms with van der Waals surface area (Å²) >= 11 is 0. The third-order valence-corrected chi connectivity index (χ3v) is 4.60. The SMILES string of the molecule is CCOC(=O)/C(=C/N(Cc1ccccc1)Cc1ccccc1)c1ccccc1C#N. The van der Waals surface area contributed by atoms with Gasteiger partial charge in [-0.3, -0.25) is 0 Å². The topological polar surface area (TPSA) is 53.3 Å². The highest BCUT2D eigenvalue weighted by molar-refractivity contribution is 6.17. The molecular formula is C26H24N2O2. The van der Waals surface area contributed by atoms with Crippen LogP contribution in [-0.4, -0.2) is 17.5 Å². The van der Waals surface area contributed by atoms with Crippen LogP contribution in [0.2, 0.25) is 0 Å². The molecule has 0 heterocycles. The Morgan fingerprint density at radius 3 is 1.97 bits per heavy atom. The number of hydrogen-bond donors (Lipinski definition) is 0. The quantitative estimate of drug-likeness (QED) is 0.390. The molecule has 0 aromatic heterocycles. The molecule has 0 aliphatic heterocycles. The number of carbonyl (C=O) groups excluding carboxylic acids is 1. The monoisotopic (exact) mass is 396 g/mol. The third kappa shape index (κ3) is 5.59. The van der Waals surface area contributed by atoms with E-state index in [1.165, 1.54) is 0 Å². The van der Waals surface area contributed by atoms with E-state index in [0.29, 0.717) is 29.8 Å². The van der Waals surface area contributed by atoms with Crippen molar-refractivity contribution in [3.05, 3.63) is 113 Å². The highest BCUT2D eigenvalue weighted by Gasteiger charge is 2.18. The number of benzene rings is 3. The number of ether oxygens (including phenoxy) is 1. The van der Waals surface area contributed by atoms with E-state index in [4.69, 9.17) is 4.74 Å². The molecular weight excluding hydrogens is 372 g/mol. The second kappa shape index (κ2) is 10.6. The van der Waals surface area contributed by atoms with Crippen molar-refractivity contribution >= 4 is 11.5 Å². The Balaban J connectivity index is 2.04. The number of nitrogens with zero attached hydrogens (tertiary/aromatic N) is 2. The lowest BCUT2D eigenvalue weighted by atomic mass is 10.0. The van der Waals surface area contributed by atoms with Crippen molar-refractivity contribution in [2.75, 3.05) is 6.61 Å². The number of nitriles is 1. The van der Waals surface area contributed by atoms with E-state index in [0.717, 1.165) is 11.1 Å². The van der Waals surface area contributed by atoms with Crippen LogP contribution in [0.15, 0.2) is 91.1 Å². The average molecular weight is 396 g/mol. The smallest absolute Gasteiger partial charge is 0.340 e. The van der Waals surface area contributed by atoms with Crippen LogP contribution in [0, 0.1) is 11.3 Å². The van der Waals surface area contributed by atoms with Crippen molar-refractivity contribution in [1.82, 2.24) is 4.90 Å². The third-order valence-electron chi connectivity index (χ3n) is 4.60. The zero-order chi connectivity index (χ0) is 21.2. The van der Waals surface area contributed by atoms with Crippen molar-refractivity contribution in [3.63, 3.8) is 0 Å². The number of esters is 1. The Morgan fingerprint density at radius 2 is 1.43 bits per heavy atom. The summed E-state index contributed by atoms with van der Waals surface area (Å²) in [5.41, 5.74) is 3.64. The Bertz CT molecular complexity index is 996. The summed E-state index contributed by atoms with van der Waals surface area (Å²) in [7, 11) is 0. The van der Waals surface area contributed by atoms with E-state index < -0.39 is 5.97 Å². The lowest BCUT2D eigenvalue weighted by molar-refractivity contribution is -0.136. The first-order valence-corrected chi connectivity index (χ1v) is 9.91. The molecule has 30 heavy (non-hydrogen) atoms. The summed E-state index contributed by atoms with van der Waals surface area (Å²) in [6, 6.07) is 29.4. The van der Waals surface area contributed by atoms with E-state index in [-0.39, 0.29) is 6.61 Å². The molecule has 0 fully saturated rings. The molecule has 0 saturated heterocycles. The van der Waals surface area contributed by atoms with Crippen LogP contribution >= 0.6 is 0 Å². The largest absolute Gasteiger partial charge is 0.462 e. The predicted molar refractivity (Wildman–Crippen MR) is 118 cm³/mol. The molecule has 3 aromatic rings. The van der Waals surface area contributed by atoms with Crippen molar-refractivity contribution in [2.45, 2.75) is 20.0 Å². The van der Waals surface area contributed by atoms with Crippen LogP contribution in [0.5, 0.6) is 0 Å². The van der Waals surface area contributed by atoms with Gasteiger partial charge in [-0.2, -0.15) is 5.26 Å². The second-order valence-corrected chi connectivity index (χ2v) is 6.80. The van der Waals surface area contributed by atoms with Gasteiger partial charge in [-0.1, -0.05) is 78.9 Å². The van der Waals surface area contributed by atoms with E-state index in [9.17, 15) is 10.1 Å². The van der Waals surface area contributed by atoms with Gasteiger partial charge in [-0.15, -0.1) is 0 Å². The second-order valence-electron chi connectivity index (χ2n) is 6.80. The molecule has 3 aromatic carbocycles. The van der Waals surface area contributed by atoms with Gasteiger partial charge in [0.25, 0.3) is 0 Å². The summed E-state index contributed by atoms with van der Waals surface area (Å²) in [6.45, 7) is 3.28. The summed E-state index contributed by atoms with van der Waals surface area (Å²) in [5.74, 6) is -0.439. The highest BCUT2D eigenvalue weighted by atomic mass is 16.5. The van der Waals surface area contributed by atoms with Crippen molar-refractivity contribution in [3.8, 4) is 6.07 Å². The van der Waals surface area contributed by atoms with Gasteiger partial charge in [0, 0.05) is 24.9 Å². The molecule has 0 spiro atoms. The van der Waals surface area contributed by atoms with Gasteiger partial charge in [-0.05, 0) is 24.1 Å². The standard InChI is InChI=1S/C26H24N2O2/c1-2-30-26(29)25(24-16-10-9-15-23(24)17-27)20-28(18-21-11-5-3-6-12-21)19-22-13-7-4-8-14-22/h3-16,20H,2,18-19H2,1H3/b25-20+. The molecule has 0 unspecified atom stereocenters. The summed E-state index contributed by atoms with van der Waals surface area (Å²) in [5, 5.41) is 9.54. The Kier molecular flexibility index (Phi) is 7.40. The van der Waals surface area contributed by atoms with Crippen LogP contribution in [0.25, 0.3) is 5.57 Å². The van der Waals surface area contributed by atoms with Crippen LogP contribution in [0.3, 0.4) is 0 Å². The van der Waals surface area contributed by atoms with Crippen molar-refractivity contribution in [1.29, 1.82) is 5.26 Å². The maximum atomic E-state index is 12.8. The fraction of sp³-hybridized carbons (Fsp3) is 0.154. The zero-order valence-electron chi connectivity index (χ0n) is 17.0. The van der Waals surface area contributed by atoms with E-state index in [1.54, 1.807) is 25.1 Å². The van der Waals surface area contributed by atoms with E-state index >= 15 is 0 Å². The maximum absolute atomic E-state index is 12.8. The fourth-order valence-electron chi connectivity index (χ4n) is 3.22. The Labute approximate surface area is 177 Å². The number of carbonyl (C=O) groups is 1. The molecule has 0 aliphatic carbocycles. The van der Waals surface area contributed by atoms with Crippen LogP contribution in [0.1, 0.15) is 29.2 Å². The van der Waals surface area contributed by atoms with Crippen molar-refractivity contribution < 1.29 is 9.53 Å². The minimum atomic E-state index is -0.439.